The van der Waals surface area contributed by atoms with Crippen LogP contribution in [0.5, 0.6) is 5.75 Å². The predicted molar refractivity (Wildman–Crippen MR) is 108 cm³/mol. The molecule has 5 nitrogen and oxygen atoms in total. The van der Waals surface area contributed by atoms with Crippen LogP contribution in [0.1, 0.15) is 11.3 Å². The van der Waals surface area contributed by atoms with E-state index in [9.17, 15) is 4.79 Å². The van der Waals surface area contributed by atoms with E-state index in [1.165, 1.54) is 11.3 Å². The molecule has 0 saturated heterocycles. The van der Waals surface area contributed by atoms with Gasteiger partial charge in [0.25, 0.3) is 0 Å². The lowest BCUT2D eigenvalue weighted by atomic mass is 10.2. The Balaban J connectivity index is 1.56. The van der Waals surface area contributed by atoms with Crippen LogP contribution in [0.3, 0.4) is 0 Å². The van der Waals surface area contributed by atoms with E-state index in [0.717, 1.165) is 15.7 Å². The van der Waals surface area contributed by atoms with Crippen molar-refractivity contribution in [3.63, 3.8) is 0 Å². The van der Waals surface area contributed by atoms with Gasteiger partial charge in [-0.15, -0.1) is 11.3 Å². The number of ether oxygens (including phenoxy) is 1. The third-order valence-corrected chi connectivity index (χ3v) is 4.80. The molecule has 0 aliphatic carbocycles. The molecule has 1 heterocycles. The lowest BCUT2D eigenvalue weighted by molar-refractivity contribution is 0.220. The number of hydrogen-bond donors (Lipinski definition) is 1. The molecule has 0 spiro atoms. The van der Waals surface area contributed by atoms with Crippen molar-refractivity contribution in [3.05, 3.63) is 75.2 Å². The molecule has 26 heavy (non-hydrogen) atoms. The minimum atomic E-state index is -0.176. The average Bonchev–Trinajstić information content (AvgIpc) is 3.16. The smallest absolute Gasteiger partial charge is 0.321 e. The van der Waals surface area contributed by atoms with Gasteiger partial charge in [-0.1, -0.05) is 34.1 Å². The van der Waals surface area contributed by atoms with Gasteiger partial charge in [0.05, 0.1) is 11.2 Å². The number of hydrogen-bond acceptors (Lipinski definition) is 4. The highest BCUT2D eigenvalue weighted by molar-refractivity contribution is 9.10. The molecule has 2 amide bonds. The molecule has 1 N–H and O–H groups in total. The Morgan fingerprint density at radius 1 is 1.27 bits per heavy atom. The highest BCUT2D eigenvalue weighted by Crippen LogP contribution is 2.19. The van der Waals surface area contributed by atoms with Gasteiger partial charge in [-0.2, -0.15) is 0 Å². The molecule has 134 valence electrons. The molecule has 0 radical (unpaired) electrons. The zero-order valence-electron chi connectivity index (χ0n) is 14.2. The number of thiazole rings is 1. The Hall–Kier alpha value is -2.38. The van der Waals surface area contributed by atoms with E-state index in [1.54, 1.807) is 23.5 Å². The third-order valence-electron chi connectivity index (χ3n) is 3.64. The lowest BCUT2D eigenvalue weighted by Crippen LogP contribution is -2.30. The van der Waals surface area contributed by atoms with Crippen molar-refractivity contribution in [2.75, 3.05) is 12.4 Å². The molecular formula is C19H18BrN3O2S. The fourth-order valence-electron chi connectivity index (χ4n) is 2.28. The lowest BCUT2D eigenvalue weighted by Gasteiger charge is -2.18. The second-order valence-electron chi connectivity index (χ2n) is 5.71. The minimum absolute atomic E-state index is 0.176. The summed E-state index contributed by atoms with van der Waals surface area (Å²) >= 11 is 4.94. The fraction of sp³-hybridized carbons (Fsp3) is 0.158. The average molecular weight is 432 g/mol. The fourth-order valence-corrected chi connectivity index (χ4v) is 3.09. The molecule has 0 saturated carbocycles. The topological polar surface area (TPSA) is 54.5 Å². The summed E-state index contributed by atoms with van der Waals surface area (Å²) in [7, 11) is 1.76. The van der Waals surface area contributed by atoms with Gasteiger partial charge in [-0.25, -0.2) is 9.78 Å². The molecule has 2 aromatic carbocycles. The van der Waals surface area contributed by atoms with Crippen LogP contribution < -0.4 is 10.1 Å². The summed E-state index contributed by atoms with van der Waals surface area (Å²) in [6, 6.07) is 15.1. The normalized spacial score (nSPS) is 10.4. The van der Waals surface area contributed by atoms with Crippen LogP contribution in [0.4, 0.5) is 10.5 Å². The zero-order valence-corrected chi connectivity index (χ0v) is 16.6. The first kappa shape index (κ1) is 18.4. The first-order valence-corrected chi connectivity index (χ1v) is 9.70. The van der Waals surface area contributed by atoms with E-state index >= 15 is 0 Å². The number of halogens is 1. The largest absolute Gasteiger partial charge is 0.487 e. The van der Waals surface area contributed by atoms with Gasteiger partial charge < -0.3 is 15.0 Å². The van der Waals surface area contributed by atoms with Crippen molar-refractivity contribution in [3.8, 4) is 5.75 Å². The molecule has 7 heteroatoms. The molecule has 1 aromatic heterocycles. The van der Waals surface area contributed by atoms with E-state index in [1.807, 2.05) is 47.8 Å². The number of amides is 2. The molecule has 3 aromatic rings. The highest BCUT2D eigenvalue weighted by Gasteiger charge is 2.10. The number of urea groups is 1. The Bertz CT molecular complexity index is 853. The Morgan fingerprint density at radius 3 is 2.81 bits per heavy atom. The number of anilines is 1. The summed E-state index contributed by atoms with van der Waals surface area (Å²) < 4.78 is 6.73. The molecular weight excluding hydrogens is 414 g/mol. The Morgan fingerprint density at radius 2 is 2.08 bits per heavy atom. The van der Waals surface area contributed by atoms with Crippen molar-refractivity contribution < 1.29 is 9.53 Å². The SMILES string of the molecule is CN(Cc1ccc(Br)cc1)C(=O)Nc1cccc(OCc2cscn2)c1. The maximum Gasteiger partial charge on any atom is 0.321 e. The van der Waals surface area contributed by atoms with Gasteiger partial charge in [0.1, 0.15) is 12.4 Å². The quantitative estimate of drug-likeness (QED) is 0.586. The summed E-state index contributed by atoms with van der Waals surface area (Å²) in [5.41, 5.74) is 4.41. The second-order valence-corrected chi connectivity index (χ2v) is 7.34. The van der Waals surface area contributed by atoms with Gasteiger partial charge in [0.15, 0.2) is 0 Å². The van der Waals surface area contributed by atoms with Gasteiger partial charge in [-0.05, 0) is 29.8 Å². The molecule has 0 unspecified atom stereocenters. The Labute approximate surface area is 164 Å². The summed E-state index contributed by atoms with van der Waals surface area (Å²) in [6.07, 6.45) is 0. The van der Waals surface area contributed by atoms with Gasteiger partial charge in [0.2, 0.25) is 0 Å². The van der Waals surface area contributed by atoms with Gasteiger partial charge in [0, 0.05) is 35.2 Å². The van der Waals surface area contributed by atoms with Crippen molar-refractivity contribution in [1.29, 1.82) is 0 Å². The number of aromatic nitrogens is 1. The zero-order chi connectivity index (χ0) is 18.4. The third kappa shape index (κ3) is 5.31. The molecule has 0 bridgehead atoms. The standard InChI is InChI=1S/C19H18BrN3O2S/c1-23(10-14-5-7-15(20)8-6-14)19(24)22-16-3-2-4-18(9-16)25-11-17-12-26-13-21-17/h2-9,12-13H,10-11H2,1H3,(H,22,24). The first-order chi connectivity index (χ1) is 12.6. The molecule has 0 atom stereocenters. The number of benzene rings is 2. The number of carbonyl (C=O) groups is 1. The molecule has 0 aliphatic heterocycles. The predicted octanol–water partition coefficient (Wildman–Crippen LogP) is 5.15. The van der Waals surface area contributed by atoms with Crippen LogP contribution in [-0.2, 0) is 13.2 Å². The van der Waals surface area contributed by atoms with E-state index in [-0.39, 0.29) is 6.03 Å². The second kappa shape index (κ2) is 8.82. The number of nitrogens with one attached hydrogen (secondary N) is 1. The maximum absolute atomic E-state index is 12.4. The monoisotopic (exact) mass is 431 g/mol. The van der Waals surface area contributed by atoms with E-state index in [2.05, 4.69) is 26.2 Å². The first-order valence-electron chi connectivity index (χ1n) is 7.96. The van der Waals surface area contributed by atoms with Crippen LogP contribution in [0.15, 0.2) is 63.9 Å². The van der Waals surface area contributed by atoms with Crippen molar-refractivity contribution in [2.24, 2.45) is 0 Å². The minimum Gasteiger partial charge on any atom is -0.487 e. The van der Waals surface area contributed by atoms with E-state index < -0.39 is 0 Å². The summed E-state index contributed by atoms with van der Waals surface area (Å²) in [4.78, 5) is 18.2. The van der Waals surface area contributed by atoms with Gasteiger partial charge in [-0.3, -0.25) is 0 Å². The van der Waals surface area contributed by atoms with E-state index in [4.69, 9.17) is 4.74 Å². The molecule has 0 fully saturated rings. The molecule has 3 rings (SSSR count). The number of rotatable bonds is 6. The van der Waals surface area contributed by atoms with Crippen molar-refractivity contribution in [2.45, 2.75) is 13.2 Å². The van der Waals surface area contributed by atoms with Crippen LogP contribution in [0.25, 0.3) is 0 Å². The summed E-state index contributed by atoms with van der Waals surface area (Å²) in [6.45, 7) is 0.934. The van der Waals surface area contributed by atoms with Crippen molar-refractivity contribution >= 4 is 39.0 Å². The Kier molecular flexibility index (Phi) is 6.25. The summed E-state index contributed by atoms with van der Waals surface area (Å²) in [5, 5.41) is 4.84. The maximum atomic E-state index is 12.4. The van der Waals surface area contributed by atoms with Crippen LogP contribution in [-0.4, -0.2) is 23.0 Å². The van der Waals surface area contributed by atoms with E-state index in [0.29, 0.717) is 24.6 Å². The van der Waals surface area contributed by atoms with Gasteiger partial charge >= 0.3 is 6.03 Å². The van der Waals surface area contributed by atoms with Crippen LogP contribution in [0, 0.1) is 0 Å². The van der Waals surface area contributed by atoms with Crippen LogP contribution in [0.2, 0.25) is 0 Å². The highest BCUT2D eigenvalue weighted by atomic mass is 79.9. The van der Waals surface area contributed by atoms with Crippen molar-refractivity contribution in [1.82, 2.24) is 9.88 Å². The molecule has 0 aliphatic rings. The summed E-state index contributed by atoms with van der Waals surface area (Å²) in [5.74, 6) is 0.686. The van der Waals surface area contributed by atoms with Crippen LogP contribution >= 0.6 is 27.3 Å². The number of carbonyl (C=O) groups excluding carboxylic acids is 1. The number of nitrogens with zero attached hydrogens (tertiary/aromatic N) is 2.